The predicted molar refractivity (Wildman–Crippen MR) is 52.8 cm³/mol. The van der Waals surface area contributed by atoms with Crippen LogP contribution in [-0.2, 0) is 6.54 Å². The molecule has 2 aromatic rings. The van der Waals surface area contributed by atoms with Gasteiger partial charge in [0.2, 0.25) is 0 Å². The van der Waals surface area contributed by atoms with Crippen LogP contribution >= 0.6 is 11.6 Å². The first-order chi connectivity index (χ1) is 6.24. The van der Waals surface area contributed by atoms with Gasteiger partial charge in [-0.3, -0.25) is 4.40 Å². The fourth-order valence-corrected chi connectivity index (χ4v) is 1.61. The van der Waals surface area contributed by atoms with E-state index in [1.807, 2.05) is 29.7 Å². The van der Waals surface area contributed by atoms with Crippen LogP contribution in [0.2, 0.25) is 5.15 Å². The molecule has 0 fully saturated rings. The zero-order valence-corrected chi connectivity index (χ0v) is 8.04. The molecule has 0 saturated carbocycles. The van der Waals surface area contributed by atoms with Gasteiger partial charge in [0.1, 0.15) is 10.8 Å². The Hall–Kier alpha value is -1.06. The van der Waals surface area contributed by atoms with E-state index in [1.54, 1.807) is 0 Å². The lowest BCUT2D eigenvalue weighted by atomic mass is 10.3. The highest BCUT2D eigenvalue weighted by Gasteiger charge is 2.08. The zero-order chi connectivity index (χ0) is 9.42. The van der Waals surface area contributed by atoms with Gasteiger partial charge in [-0.15, -0.1) is 0 Å². The molecule has 3 nitrogen and oxygen atoms in total. The minimum absolute atomic E-state index is 0.375. The second kappa shape index (κ2) is 3.01. The van der Waals surface area contributed by atoms with Crippen LogP contribution in [0.5, 0.6) is 0 Å². The number of fused-ring (bicyclic) bond motifs is 1. The fourth-order valence-electron chi connectivity index (χ4n) is 1.35. The lowest BCUT2D eigenvalue weighted by Crippen LogP contribution is -1.96. The van der Waals surface area contributed by atoms with E-state index in [0.717, 1.165) is 16.9 Å². The van der Waals surface area contributed by atoms with E-state index in [-0.39, 0.29) is 0 Å². The molecule has 0 aliphatic rings. The topological polar surface area (TPSA) is 43.3 Å². The molecule has 2 rings (SSSR count). The third-order valence-corrected chi connectivity index (χ3v) is 2.45. The molecular weight excluding hydrogens is 186 g/mol. The molecule has 2 aromatic heterocycles. The van der Waals surface area contributed by atoms with Crippen molar-refractivity contribution in [2.45, 2.75) is 13.5 Å². The standard InChI is InChI=1S/C9H10ClN3/c1-6-3-2-4-13-8(10)7(5-11)12-9(6)13/h2-4H,5,11H2,1H3. The lowest BCUT2D eigenvalue weighted by molar-refractivity contribution is 1.02. The van der Waals surface area contributed by atoms with Crippen molar-refractivity contribution in [3.8, 4) is 0 Å². The number of halogens is 1. The number of imidazole rings is 1. The Bertz CT molecular complexity index is 447. The molecule has 2 heterocycles. The average Bonchev–Trinajstić information content (AvgIpc) is 2.45. The van der Waals surface area contributed by atoms with E-state index >= 15 is 0 Å². The maximum atomic E-state index is 6.05. The van der Waals surface area contributed by atoms with Crippen LogP contribution in [-0.4, -0.2) is 9.38 Å². The molecule has 0 radical (unpaired) electrons. The molecule has 0 amide bonds. The minimum atomic E-state index is 0.375. The summed E-state index contributed by atoms with van der Waals surface area (Å²) in [6.07, 6.45) is 1.89. The number of pyridine rings is 1. The fraction of sp³-hybridized carbons (Fsp3) is 0.222. The van der Waals surface area contributed by atoms with Crippen LogP contribution in [0.1, 0.15) is 11.3 Å². The highest BCUT2D eigenvalue weighted by Crippen LogP contribution is 2.19. The van der Waals surface area contributed by atoms with E-state index in [9.17, 15) is 0 Å². The molecular formula is C9H10ClN3. The smallest absolute Gasteiger partial charge is 0.141 e. The Morgan fingerprint density at radius 2 is 2.38 bits per heavy atom. The Morgan fingerprint density at radius 1 is 1.62 bits per heavy atom. The van der Waals surface area contributed by atoms with Crippen LogP contribution in [0.3, 0.4) is 0 Å². The predicted octanol–water partition coefficient (Wildman–Crippen LogP) is 1.75. The molecule has 0 aliphatic carbocycles. The molecule has 0 spiro atoms. The Balaban J connectivity index is 2.83. The van der Waals surface area contributed by atoms with E-state index in [4.69, 9.17) is 17.3 Å². The Labute approximate surface area is 81.1 Å². The van der Waals surface area contributed by atoms with Gasteiger partial charge in [0.25, 0.3) is 0 Å². The number of aromatic nitrogens is 2. The van der Waals surface area contributed by atoms with Gasteiger partial charge in [0, 0.05) is 12.7 Å². The van der Waals surface area contributed by atoms with Crippen molar-refractivity contribution in [3.63, 3.8) is 0 Å². The summed E-state index contributed by atoms with van der Waals surface area (Å²) in [5.74, 6) is 0. The van der Waals surface area contributed by atoms with Crippen LogP contribution in [0.4, 0.5) is 0 Å². The Morgan fingerprint density at radius 3 is 3.00 bits per heavy atom. The molecule has 2 N–H and O–H groups in total. The second-order valence-electron chi connectivity index (χ2n) is 2.94. The van der Waals surface area contributed by atoms with E-state index in [2.05, 4.69) is 4.98 Å². The van der Waals surface area contributed by atoms with Crippen molar-refractivity contribution >= 4 is 17.2 Å². The number of nitrogens with zero attached hydrogens (tertiary/aromatic N) is 2. The van der Waals surface area contributed by atoms with E-state index in [1.165, 1.54) is 0 Å². The quantitative estimate of drug-likeness (QED) is 0.754. The van der Waals surface area contributed by atoms with Gasteiger partial charge in [-0.1, -0.05) is 17.7 Å². The largest absolute Gasteiger partial charge is 0.325 e. The van der Waals surface area contributed by atoms with Crippen LogP contribution in [0.25, 0.3) is 5.65 Å². The van der Waals surface area contributed by atoms with Gasteiger partial charge in [-0.2, -0.15) is 0 Å². The summed E-state index contributed by atoms with van der Waals surface area (Å²) in [4.78, 5) is 4.34. The normalized spacial score (nSPS) is 11.0. The number of hydrogen-bond donors (Lipinski definition) is 1. The summed E-state index contributed by atoms with van der Waals surface area (Å²) >= 11 is 6.05. The van der Waals surface area contributed by atoms with E-state index < -0.39 is 0 Å². The number of hydrogen-bond acceptors (Lipinski definition) is 2. The van der Waals surface area contributed by atoms with Gasteiger partial charge in [-0.25, -0.2) is 4.98 Å². The molecule has 13 heavy (non-hydrogen) atoms. The summed E-state index contributed by atoms with van der Waals surface area (Å²) in [6.45, 7) is 2.37. The molecule has 0 saturated heterocycles. The zero-order valence-electron chi connectivity index (χ0n) is 7.29. The van der Waals surface area contributed by atoms with Crippen molar-refractivity contribution < 1.29 is 0 Å². The maximum absolute atomic E-state index is 6.05. The minimum Gasteiger partial charge on any atom is -0.325 e. The van der Waals surface area contributed by atoms with Gasteiger partial charge in [0.15, 0.2) is 0 Å². The summed E-state index contributed by atoms with van der Waals surface area (Å²) in [5.41, 5.74) is 8.23. The van der Waals surface area contributed by atoms with Gasteiger partial charge < -0.3 is 5.73 Å². The van der Waals surface area contributed by atoms with Crippen LogP contribution < -0.4 is 5.73 Å². The molecule has 0 aromatic carbocycles. The van der Waals surface area contributed by atoms with Crippen molar-refractivity contribution in [2.24, 2.45) is 5.73 Å². The highest BCUT2D eigenvalue weighted by molar-refractivity contribution is 6.30. The first kappa shape index (κ1) is 8.53. The summed E-state index contributed by atoms with van der Waals surface area (Å²) in [5, 5.41) is 0.612. The third-order valence-electron chi connectivity index (χ3n) is 2.05. The molecule has 0 aliphatic heterocycles. The lowest BCUT2D eigenvalue weighted by Gasteiger charge is -1.96. The second-order valence-corrected chi connectivity index (χ2v) is 3.30. The number of nitrogens with two attached hydrogens (primary N) is 1. The van der Waals surface area contributed by atoms with Crippen LogP contribution in [0, 0.1) is 6.92 Å². The monoisotopic (exact) mass is 195 g/mol. The number of aryl methyl sites for hydroxylation is 1. The molecule has 0 bridgehead atoms. The van der Waals surface area contributed by atoms with Crippen molar-refractivity contribution in [3.05, 3.63) is 34.7 Å². The average molecular weight is 196 g/mol. The SMILES string of the molecule is Cc1cccn2c(Cl)c(CN)nc12. The van der Waals surface area contributed by atoms with Gasteiger partial charge in [0.05, 0.1) is 5.69 Å². The summed E-state index contributed by atoms with van der Waals surface area (Å²) in [6, 6.07) is 3.94. The highest BCUT2D eigenvalue weighted by atomic mass is 35.5. The third kappa shape index (κ3) is 1.20. The van der Waals surface area contributed by atoms with Gasteiger partial charge in [-0.05, 0) is 18.6 Å². The summed E-state index contributed by atoms with van der Waals surface area (Å²) in [7, 11) is 0. The van der Waals surface area contributed by atoms with E-state index in [0.29, 0.717) is 11.7 Å². The van der Waals surface area contributed by atoms with Crippen molar-refractivity contribution in [1.29, 1.82) is 0 Å². The first-order valence-electron chi connectivity index (χ1n) is 4.06. The van der Waals surface area contributed by atoms with Crippen molar-refractivity contribution in [2.75, 3.05) is 0 Å². The molecule has 68 valence electrons. The number of rotatable bonds is 1. The molecule has 0 atom stereocenters. The Kier molecular flexibility index (Phi) is 1.98. The van der Waals surface area contributed by atoms with Crippen molar-refractivity contribution in [1.82, 2.24) is 9.38 Å². The molecule has 0 unspecified atom stereocenters. The maximum Gasteiger partial charge on any atom is 0.141 e. The summed E-state index contributed by atoms with van der Waals surface area (Å²) < 4.78 is 1.85. The van der Waals surface area contributed by atoms with Crippen LogP contribution in [0.15, 0.2) is 18.3 Å². The molecule has 4 heteroatoms. The first-order valence-corrected chi connectivity index (χ1v) is 4.44. The van der Waals surface area contributed by atoms with Gasteiger partial charge >= 0.3 is 0 Å².